The molecule has 45 heavy (non-hydrogen) atoms. The molecule has 0 spiro atoms. The normalized spacial score (nSPS) is 23.4. The molecule has 3 atom stereocenters. The molecule has 10 nitrogen and oxygen atoms in total. The number of benzene rings is 1. The van der Waals surface area contributed by atoms with E-state index in [1.54, 1.807) is 16.9 Å². The fourth-order valence-electron chi connectivity index (χ4n) is 6.77. The van der Waals surface area contributed by atoms with E-state index in [0.29, 0.717) is 48.2 Å². The van der Waals surface area contributed by atoms with Gasteiger partial charge in [-0.1, -0.05) is 37.0 Å². The van der Waals surface area contributed by atoms with Gasteiger partial charge in [-0.3, -0.25) is 9.48 Å². The van der Waals surface area contributed by atoms with Gasteiger partial charge in [0.05, 0.1) is 19.2 Å². The summed E-state index contributed by atoms with van der Waals surface area (Å²) in [4.78, 5) is 39.5. The highest BCUT2D eigenvalue weighted by Crippen LogP contribution is 2.35. The molecule has 1 aliphatic heterocycles. The van der Waals surface area contributed by atoms with Gasteiger partial charge in [0.15, 0.2) is 0 Å². The van der Waals surface area contributed by atoms with Crippen molar-refractivity contribution < 1.29 is 19.1 Å². The summed E-state index contributed by atoms with van der Waals surface area (Å²) < 4.78 is 12.7. The van der Waals surface area contributed by atoms with Crippen molar-refractivity contribution in [1.29, 1.82) is 0 Å². The van der Waals surface area contributed by atoms with Gasteiger partial charge in [0, 0.05) is 71.5 Å². The van der Waals surface area contributed by atoms with Gasteiger partial charge < -0.3 is 19.3 Å². The van der Waals surface area contributed by atoms with Gasteiger partial charge in [-0.15, -0.1) is 0 Å². The van der Waals surface area contributed by atoms with Crippen LogP contribution in [0.5, 0.6) is 0 Å². The number of aromatic nitrogens is 4. The van der Waals surface area contributed by atoms with Crippen molar-refractivity contribution in [1.82, 2.24) is 24.6 Å². The van der Waals surface area contributed by atoms with Crippen molar-refractivity contribution in [3.05, 3.63) is 58.6 Å². The number of nitrogens with zero attached hydrogens (tertiary/aromatic N) is 6. The van der Waals surface area contributed by atoms with Crippen molar-refractivity contribution in [3.63, 3.8) is 0 Å². The van der Waals surface area contributed by atoms with Crippen LogP contribution in [0.4, 0.5) is 10.7 Å². The summed E-state index contributed by atoms with van der Waals surface area (Å²) in [6.45, 7) is 4.74. The van der Waals surface area contributed by atoms with E-state index in [9.17, 15) is 9.59 Å². The molecule has 1 amide bonds. The van der Waals surface area contributed by atoms with E-state index >= 15 is 0 Å². The van der Waals surface area contributed by atoms with Crippen molar-refractivity contribution >= 4 is 41.2 Å². The molecule has 0 radical (unpaired) electrons. The highest BCUT2D eigenvalue weighted by atomic mass is 35.5. The van der Waals surface area contributed by atoms with Crippen molar-refractivity contribution in [2.45, 2.75) is 96.0 Å². The molecule has 1 aliphatic carbocycles. The molecule has 0 bridgehead atoms. The van der Waals surface area contributed by atoms with Gasteiger partial charge in [-0.25, -0.2) is 14.8 Å². The number of esters is 1. The summed E-state index contributed by atoms with van der Waals surface area (Å²) in [5.41, 5.74) is 2.78. The van der Waals surface area contributed by atoms with Crippen LogP contribution >= 0.6 is 23.2 Å². The zero-order chi connectivity index (χ0) is 32.1. The lowest BCUT2D eigenvalue weighted by Gasteiger charge is -2.47. The van der Waals surface area contributed by atoms with Crippen molar-refractivity contribution in [2.24, 2.45) is 13.0 Å². The molecule has 2 aromatic heterocycles. The Bertz CT molecular complexity index is 1430. The van der Waals surface area contributed by atoms with Crippen molar-refractivity contribution in [3.8, 4) is 11.1 Å². The maximum Gasteiger partial charge on any atom is 0.410 e. The third-order valence-corrected chi connectivity index (χ3v) is 9.59. The highest BCUT2D eigenvalue weighted by Gasteiger charge is 2.41. The molecule has 1 saturated carbocycles. The molecule has 3 aromatic rings. The van der Waals surface area contributed by atoms with E-state index in [2.05, 4.69) is 23.8 Å². The quantitative estimate of drug-likeness (QED) is 0.225. The van der Waals surface area contributed by atoms with E-state index in [1.165, 1.54) is 7.11 Å². The number of hydrogen-bond donors (Lipinski definition) is 0. The number of ether oxygens (including phenoxy) is 2. The average molecular weight is 658 g/mol. The summed E-state index contributed by atoms with van der Waals surface area (Å²) in [6.07, 6.45) is 12.6. The van der Waals surface area contributed by atoms with Crippen LogP contribution in [0.2, 0.25) is 10.0 Å². The van der Waals surface area contributed by atoms with Crippen LogP contribution in [-0.2, 0) is 27.9 Å². The predicted octanol–water partition coefficient (Wildman–Crippen LogP) is 7.08. The molecule has 2 aliphatic rings. The first-order chi connectivity index (χ1) is 21.7. The minimum atomic E-state index is -0.265. The number of aryl methyl sites for hydroxylation is 1. The van der Waals surface area contributed by atoms with E-state index < -0.39 is 0 Å². The molecule has 1 aromatic carbocycles. The largest absolute Gasteiger partial charge is 0.469 e. The number of rotatable bonds is 9. The lowest BCUT2D eigenvalue weighted by Crippen LogP contribution is -2.57. The molecule has 12 heteroatoms. The Morgan fingerprint density at radius 1 is 0.933 bits per heavy atom. The maximum atomic E-state index is 13.7. The Morgan fingerprint density at radius 2 is 1.56 bits per heavy atom. The summed E-state index contributed by atoms with van der Waals surface area (Å²) in [7, 11) is 3.30. The molecule has 1 saturated heterocycles. The van der Waals surface area contributed by atoms with Crippen molar-refractivity contribution in [2.75, 3.05) is 12.0 Å². The van der Waals surface area contributed by atoms with Gasteiger partial charge in [0.25, 0.3) is 0 Å². The fraction of sp³-hybridized carbons (Fsp3) is 0.545. The summed E-state index contributed by atoms with van der Waals surface area (Å²) in [5.74, 6) is 0.305. The first-order valence-corrected chi connectivity index (χ1v) is 16.5. The SMILES string of the molecule is CC[C@@H]1CC(N(Cc2cc(Cl)cc(Cl)c2)c2ncc(-c3cnn(C)c3)cn2)C[C@H](CC)N1C(=O)OC1CCC(C(=O)OC)CC1. The van der Waals surface area contributed by atoms with Gasteiger partial charge in [0.1, 0.15) is 6.10 Å². The number of hydrogen-bond acceptors (Lipinski definition) is 8. The number of carbonyl (C=O) groups is 2. The number of amides is 1. The summed E-state index contributed by atoms with van der Waals surface area (Å²) >= 11 is 12.8. The Kier molecular flexibility index (Phi) is 10.9. The molecule has 5 rings (SSSR count). The fourth-order valence-corrected chi connectivity index (χ4v) is 7.34. The molecule has 3 heterocycles. The molecule has 242 valence electrons. The van der Waals surface area contributed by atoms with Gasteiger partial charge >= 0.3 is 12.1 Å². The third kappa shape index (κ3) is 7.90. The standard InChI is InChI=1S/C33H42Cl2N6O4/c1-5-27-14-29(15-28(6-2)41(27)33(43)45-30-9-7-22(8-10-30)31(42)44-4)40(19-21-11-25(34)13-26(35)12-21)32-36-16-23(17-37-32)24-18-38-39(3)20-24/h11-13,16-18,20,22,27-30H,5-10,14-15,19H2,1-4H3/t22?,27-,28+,29?,30?. The molecular formula is C33H42Cl2N6O4. The Hall–Kier alpha value is -3.37. The third-order valence-electron chi connectivity index (χ3n) is 9.15. The minimum Gasteiger partial charge on any atom is -0.469 e. The van der Waals surface area contributed by atoms with Crippen LogP contribution in [0.3, 0.4) is 0 Å². The topological polar surface area (TPSA) is 103 Å². The highest BCUT2D eigenvalue weighted by molar-refractivity contribution is 6.34. The second kappa shape index (κ2) is 14.8. The molecule has 0 N–H and O–H groups in total. The van der Waals surface area contributed by atoms with Crippen LogP contribution in [-0.4, -0.2) is 68.1 Å². The average Bonchev–Trinajstić information content (AvgIpc) is 3.48. The number of likely N-dealkylation sites (tertiary alicyclic amines) is 1. The number of anilines is 1. The first-order valence-electron chi connectivity index (χ1n) is 15.8. The molecular weight excluding hydrogens is 615 g/mol. The van der Waals surface area contributed by atoms with E-state index in [0.717, 1.165) is 42.4 Å². The van der Waals surface area contributed by atoms with Gasteiger partial charge in [0.2, 0.25) is 5.95 Å². The first kappa shape index (κ1) is 33.0. The Morgan fingerprint density at radius 3 is 2.09 bits per heavy atom. The predicted molar refractivity (Wildman–Crippen MR) is 174 cm³/mol. The monoisotopic (exact) mass is 656 g/mol. The van der Waals surface area contributed by atoms with Crippen LogP contribution < -0.4 is 4.90 Å². The second-order valence-electron chi connectivity index (χ2n) is 12.1. The number of methoxy groups -OCH3 is 1. The van der Waals surface area contributed by atoms with Crippen LogP contribution in [0.25, 0.3) is 11.1 Å². The lowest BCUT2D eigenvalue weighted by molar-refractivity contribution is -0.147. The Labute approximate surface area is 275 Å². The van der Waals surface area contributed by atoms with Crippen LogP contribution in [0.1, 0.15) is 70.8 Å². The lowest BCUT2D eigenvalue weighted by atomic mass is 9.87. The van der Waals surface area contributed by atoms with E-state index in [4.69, 9.17) is 42.6 Å². The number of piperidine rings is 1. The molecule has 1 unspecified atom stereocenters. The number of halogens is 2. The molecule has 2 fully saturated rings. The zero-order valence-electron chi connectivity index (χ0n) is 26.4. The number of carbonyl (C=O) groups excluding carboxylic acids is 2. The maximum absolute atomic E-state index is 13.7. The zero-order valence-corrected chi connectivity index (χ0v) is 27.9. The Balaban J connectivity index is 1.36. The minimum absolute atomic E-state index is 0.0206. The van der Waals surface area contributed by atoms with Gasteiger partial charge in [-0.05, 0) is 75.1 Å². The smallest absolute Gasteiger partial charge is 0.410 e. The summed E-state index contributed by atoms with van der Waals surface area (Å²) in [6, 6.07) is 5.57. The van der Waals surface area contributed by atoms with E-state index in [1.807, 2.05) is 42.7 Å². The van der Waals surface area contributed by atoms with Crippen LogP contribution in [0.15, 0.2) is 43.0 Å². The van der Waals surface area contributed by atoms with Crippen LogP contribution in [0, 0.1) is 5.92 Å². The van der Waals surface area contributed by atoms with Gasteiger partial charge in [-0.2, -0.15) is 5.10 Å². The van der Waals surface area contributed by atoms with E-state index in [-0.39, 0.29) is 42.2 Å². The second-order valence-corrected chi connectivity index (χ2v) is 13.0. The summed E-state index contributed by atoms with van der Waals surface area (Å²) in [5, 5.41) is 5.41.